The molecule has 2 aromatic carbocycles. The Labute approximate surface area is 181 Å². The largest absolute Gasteiger partial charge is 0.421 e. The van der Waals surface area contributed by atoms with Crippen LogP contribution in [0, 0.1) is 0 Å². The van der Waals surface area contributed by atoms with Crippen molar-refractivity contribution in [3.8, 4) is 0 Å². The zero-order valence-electron chi connectivity index (χ0n) is 18.1. The summed E-state index contributed by atoms with van der Waals surface area (Å²) < 4.78 is 40.5. The quantitative estimate of drug-likeness (QED) is 0.435. The molecule has 3 rings (SSSR count). The number of halogens is 3. The lowest BCUT2D eigenvalue weighted by molar-refractivity contribution is -0.137. The van der Waals surface area contributed by atoms with Gasteiger partial charge >= 0.3 is 6.18 Å². The number of hydrogen-bond acceptors (Lipinski definition) is 4. The maximum atomic E-state index is 13.5. The third-order valence-corrected chi connectivity index (χ3v) is 4.86. The second kappa shape index (κ2) is 8.96. The molecule has 0 spiro atoms. The summed E-state index contributed by atoms with van der Waals surface area (Å²) >= 11 is 0. The van der Waals surface area contributed by atoms with Crippen molar-refractivity contribution >= 4 is 23.1 Å². The van der Waals surface area contributed by atoms with E-state index in [1.807, 2.05) is 36.4 Å². The molecule has 0 saturated carbocycles. The Balaban J connectivity index is 1.86. The van der Waals surface area contributed by atoms with Crippen molar-refractivity contribution < 1.29 is 13.2 Å². The van der Waals surface area contributed by atoms with Gasteiger partial charge in [-0.2, -0.15) is 18.2 Å². The fourth-order valence-corrected chi connectivity index (χ4v) is 3.11. The van der Waals surface area contributed by atoms with Crippen LogP contribution >= 0.6 is 0 Å². The maximum absolute atomic E-state index is 13.5. The average Bonchev–Trinajstić information content (AvgIpc) is 2.69. The van der Waals surface area contributed by atoms with Gasteiger partial charge in [-0.05, 0) is 47.2 Å². The molecule has 0 unspecified atom stereocenters. The molecule has 0 aliphatic heterocycles. The molecule has 1 heterocycles. The summed E-state index contributed by atoms with van der Waals surface area (Å²) in [5.74, 6) is -0.207. The van der Waals surface area contributed by atoms with Crippen LogP contribution < -0.4 is 10.6 Å². The molecule has 0 aliphatic carbocycles. The third-order valence-electron chi connectivity index (χ3n) is 4.86. The van der Waals surface area contributed by atoms with Crippen molar-refractivity contribution in [1.82, 2.24) is 9.97 Å². The van der Waals surface area contributed by atoms with Gasteiger partial charge in [0.05, 0.1) is 0 Å². The number of alkyl halides is 3. The summed E-state index contributed by atoms with van der Waals surface area (Å²) in [5.41, 5.74) is 2.55. The van der Waals surface area contributed by atoms with Crippen molar-refractivity contribution in [2.75, 3.05) is 10.6 Å². The molecular weight excluding hydrogens is 401 g/mol. The fourth-order valence-electron chi connectivity index (χ4n) is 3.11. The van der Waals surface area contributed by atoms with Gasteiger partial charge in [0.25, 0.3) is 0 Å². The first-order chi connectivity index (χ1) is 14.6. The zero-order valence-corrected chi connectivity index (χ0v) is 18.1. The predicted molar refractivity (Wildman–Crippen MR) is 119 cm³/mol. The first-order valence-corrected chi connectivity index (χ1v) is 10.2. The highest BCUT2D eigenvalue weighted by Crippen LogP contribution is 2.35. The standard InChI is InChI=1S/C24H27F3N4/c1-5-6-16-7-11-19(12-8-16)30-22-28-15-20(24(25,26)27)21(31-22)29-18-13-9-17(10-14-18)23(2,3)4/h7-15H,5-6H2,1-4H3,(H2,28,29,30,31). The molecule has 0 atom stereocenters. The van der Waals surface area contributed by atoms with Gasteiger partial charge in [0.15, 0.2) is 0 Å². The maximum Gasteiger partial charge on any atom is 0.421 e. The van der Waals surface area contributed by atoms with E-state index < -0.39 is 11.7 Å². The molecule has 0 bridgehead atoms. The Morgan fingerprint density at radius 3 is 1.97 bits per heavy atom. The van der Waals surface area contributed by atoms with E-state index in [9.17, 15) is 13.2 Å². The van der Waals surface area contributed by atoms with Crippen LogP contribution in [0.25, 0.3) is 0 Å². The number of anilines is 4. The Hall–Kier alpha value is -3.09. The number of hydrogen-bond donors (Lipinski definition) is 2. The van der Waals surface area contributed by atoms with Crippen molar-refractivity contribution in [3.05, 3.63) is 71.4 Å². The van der Waals surface area contributed by atoms with E-state index in [0.717, 1.165) is 24.6 Å². The van der Waals surface area contributed by atoms with E-state index in [-0.39, 0.29) is 17.2 Å². The van der Waals surface area contributed by atoms with Crippen molar-refractivity contribution in [2.24, 2.45) is 0 Å². The Kier molecular flexibility index (Phi) is 6.53. The van der Waals surface area contributed by atoms with Gasteiger partial charge < -0.3 is 10.6 Å². The minimum atomic E-state index is -4.58. The van der Waals surface area contributed by atoms with E-state index in [2.05, 4.69) is 48.3 Å². The van der Waals surface area contributed by atoms with E-state index in [0.29, 0.717) is 11.4 Å². The minimum absolute atomic E-state index is 0.0473. The topological polar surface area (TPSA) is 49.8 Å². The molecule has 0 amide bonds. The lowest BCUT2D eigenvalue weighted by Crippen LogP contribution is -2.13. The SMILES string of the molecule is CCCc1ccc(Nc2ncc(C(F)(F)F)c(Nc3ccc(C(C)(C)C)cc3)n2)cc1. The Morgan fingerprint density at radius 2 is 1.42 bits per heavy atom. The number of aryl methyl sites for hydroxylation is 1. The molecule has 0 aliphatic rings. The molecule has 0 fully saturated rings. The van der Waals surface area contributed by atoms with Crippen LogP contribution in [0.2, 0.25) is 0 Å². The summed E-state index contributed by atoms with van der Waals surface area (Å²) in [6.07, 6.45) is -1.76. The highest BCUT2D eigenvalue weighted by Gasteiger charge is 2.35. The van der Waals surface area contributed by atoms with E-state index >= 15 is 0 Å². The average molecular weight is 429 g/mol. The zero-order chi connectivity index (χ0) is 22.6. The van der Waals surface area contributed by atoms with Crippen LogP contribution in [0.5, 0.6) is 0 Å². The molecule has 2 N–H and O–H groups in total. The summed E-state index contributed by atoms with van der Waals surface area (Å²) in [5, 5.41) is 5.78. The van der Waals surface area contributed by atoms with Crippen LogP contribution in [0.3, 0.4) is 0 Å². The van der Waals surface area contributed by atoms with Gasteiger partial charge in [0.1, 0.15) is 11.4 Å². The molecule has 164 valence electrons. The van der Waals surface area contributed by atoms with E-state index in [4.69, 9.17) is 0 Å². The van der Waals surface area contributed by atoms with Gasteiger partial charge in [-0.3, -0.25) is 0 Å². The second-order valence-corrected chi connectivity index (χ2v) is 8.48. The second-order valence-electron chi connectivity index (χ2n) is 8.48. The van der Waals surface area contributed by atoms with Gasteiger partial charge in [-0.15, -0.1) is 0 Å². The summed E-state index contributed by atoms with van der Waals surface area (Å²) in [7, 11) is 0. The fraction of sp³-hybridized carbons (Fsp3) is 0.333. The third kappa shape index (κ3) is 5.96. The number of nitrogens with one attached hydrogen (secondary N) is 2. The molecular formula is C24H27F3N4. The minimum Gasteiger partial charge on any atom is -0.340 e. The summed E-state index contributed by atoms with van der Waals surface area (Å²) in [6, 6.07) is 15.0. The lowest BCUT2D eigenvalue weighted by Gasteiger charge is -2.20. The molecule has 0 radical (unpaired) electrons. The van der Waals surface area contributed by atoms with Gasteiger partial charge in [-0.25, -0.2) is 4.98 Å². The number of benzene rings is 2. The Bertz CT molecular complexity index is 1000. The van der Waals surface area contributed by atoms with E-state index in [1.165, 1.54) is 5.56 Å². The Morgan fingerprint density at radius 1 is 0.839 bits per heavy atom. The van der Waals surface area contributed by atoms with Crippen LogP contribution in [0.1, 0.15) is 50.8 Å². The lowest BCUT2D eigenvalue weighted by atomic mass is 9.87. The number of nitrogens with zero attached hydrogens (tertiary/aromatic N) is 2. The van der Waals surface area contributed by atoms with Gasteiger partial charge in [-0.1, -0.05) is 58.4 Å². The number of aromatic nitrogens is 2. The molecule has 4 nitrogen and oxygen atoms in total. The van der Waals surface area contributed by atoms with Crippen molar-refractivity contribution in [1.29, 1.82) is 0 Å². The van der Waals surface area contributed by atoms with Gasteiger partial charge in [0, 0.05) is 17.6 Å². The molecule has 31 heavy (non-hydrogen) atoms. The van der Waals surface area contributed by atoms with Crippen LogP contribution in [0.15, 0.2) is 54.7 Å². The van der Waals surface area contributed by atoms with Crippen LogP contribution in [-0.2, 0) is 18.0 Å². The molecule has 3 aromatic rings. The smallest absolute Gasteiger partial charge is 0.340 e. The van der Waals surface area contributed by atoms with Crippen molar-refractivity contribution in [3.63, 3.8) is 0 Å². The van der Waals surface area contributed by atoms with Crippen LogP contribution in [-0.4, -0.2) is 9.97 Å². The first kappa shape index (κ1) is 22.6. The summed E-state index contributed by atoms with van der Waals surface area (Å²) in [6.45, 7) is 8.34. The molecule has 0 saturated heterocycles. The highest BCUT2D eigenvalue weighted by atomic mass is 19.4. The number of rotatable bonds is 6. The summed E-state index contributed by atoms with van der Waals surface area (Å²) in [4.78, 5) is 7.97. The monoisotopic (exact) mass is 428 g/mol. The molecule has 7 heteroatoms. The van der Waals surface area contributed by atoms with Gasteiger partial charge in [0.2, 0.25) is 5.95 Å². The molecule has 1 aromatic heterocycles. The normalized spacial score (nSPS) is 12.0. The first-order valence-electron chi connectivity index (χ1n) is 10.2. The predicted octanol–water partition coefficient (Wildman–Crippen LogP) is 7.23. The van der Waals surface area contributed by atoms with Crippen LogP contribution in [0.4, 0.5) is 36.3 Å². The van der Waals surface area contributed by atoms with E-state index in [1.54, 1.807) is 12.1 Å². The van der Waals surface area contributed by atoms with Crippen molar-refractivity contribution in [2.45, 2.75) is 52.1 Å². The highest BCUT2D eigenvalue weighted by molar-refractivity contribution is 5.63.